The van der Waals surface area contributed by atoms with Gasteiger partial charge in [0.2, 0.25) is 0 Å². The number of fused-ring (bicyclic) bond motifs is 1. The summed E-state index contributed by atoms with van der Waals surface area (Å²) in [7, 11) is 0. The molecule has 7 nitrogen and oxygen atoms in total. The number of halogens is 1. The van der Waals surface area contributed by atoms with Gasteiger partial charge in [0.15, 0.2) is 0 Å². The van der Waals surface area contributed by atoms with Gasteiger partial charge < -0.3 is 15.7 Å². The zero-order valence-corrected chi connectivity index (χ0v) is 13.7. The molecule has 0 aliphatic carbocycles. The number of carbonyl (C=O) groups is 1. The van der Waals surface area contributed by atoms with E-state index in [2.05, 4.69) is 20.7 Å². The number of urea groups is 1. The van der Waals surface area contributed by atoms with Crippen molar-refractivity contribution in [3.63, 3.8) is 0 Å². The van der Waals surface area contributed by atoms with E-state index in [0.717, 1.165) is 16.5 Å². The van der Waals surface area contributed by atoms with Gasteiger partial charge in [-0.1, -0.05) is 11.6 Å². The van der Waals surface area contributed by atoms with Crippen LogP contribution in [0.2, 0.25) is 5.02 Å². The lowest BCUT2D eigenvalue weighted by molar-refractivity contribution is 0.262. The second-order valence-electron chi connectivity index (χ2n) is 5.24. The highest BCUT2D eigenvalue weighted by Crippen LogP contribution is 2.32. The van der Waals surface area contributed by atoms with Crippen LogP contribution in [0.4, 0.5) is 16.2 Å². The molecule has 124 valence electrons. The van der Waals surface area contributed by atoms with Crippen LogP contribution in [0, 0.1) is 6.92 Å². The van der Waals surface area contributed by atoms with E-state index < -0.39 is 6.03 Å². The Morgan fingerprint density at radius 1 is 1.42 bits per heavy atom. The first-order chi connectivity index (χ1) is 11.6. The van der Waals surface area contributed by atoms with E-state index in [0.29, 0.717) is 22.9 Å². The van der Waals surface area contributed by atoms with Crippen LogP contribution in [0.25, 0.3) is 10.9 Å². The van der Waals surface area contributed by atoms with Crippen molar-refractivity contribution in [1.82, 2.24) is 14.8 Å². The van der Waals surface area contributed by atoms with Crippen LogP contribution in [-0.2, 0) is 6.54 Å². The molecule has 0 bridgehead atoms. The summed E-state index contributed by atoms with van der Waals surface area (Å²) in [5, 5.41) is 19.6. The summed E-state index contributed by atoms with van der Waals surface area (Å²) in [5.41, 5.74) is 2.75. The fraction of sp³-hybridized carbons (Fsp3) is 0.188. The predicted octanol–water partition coefficient (Wildman–Crippen LogP) is 3.03. The molecule has 24 heavy (non-hydrogen) atoms. The number of amides is 2. The number of aromatic nitrogens is 3. The minimum atomic E-state index is -0.436. The van der Waals surface area contributed by atoms with E-state index in [1.807, 2.05) is 13.0 Å². The second-order valence-corrected chi connectivity index (χ2v) is 5.65. The van der Waals surface area contributed by atoms with Crippen LogP contribution in [0.3, 0.4) is 0 Å². The van der Waals surface area contributed by atoms with Crippen molar-refractivity contribution in [2.45, 2.75) is 13.5 Å². The molecule has 0 radical (unpaired) electrons. The predicted molar refractivity (Wildman–Crippen MR) is 93.4 cm³/mol. The minimum Gasteiger partial charge on any atom is -0.394 e. The van der Waals surface area contributed by atoms with Gasteiger partial charge >= 0.3 is 6.03 Å². The molecule has 0 aliphatic heterocycles. The lowest BCUT2D eigenvalue weighted by atomic mass is 10.1. The molecule has 0 saturated heterocycles. The SMILES string of the molecule is Cc1cc(Cl)c(NC(=O)Nc2cnn(CCO)c2)c2cccnc12. The number of aliphatic hydroxyl groups is 1. The Kier molecular flexibility index (Phi) is 4.64. The molecule has 2 heterocycles. The highest BCUT2D eigenvalue weighted by atomic mass is 35.5. The molecule has 8 heteroatoms. The number of aryl methyl sites for hydroxylation is 1. The van der Waals surface area contributed by atoms with E-state index in [-0.39, 0.29) is 6.61 Å². The lowest BCUT2D eigenvalue weighted by Gasteiger charge is -2.12. The Labute approximate surface area is 143 Å². The average Bonchev–Trinajstić information content (AvgIpc) is 2.99. The summed E-state index contributed by atoms with van der Waals surface area (Å²) < 4.78 is 1.54. The van der Waals surface area contributed by atoms with Gasteiger partial charge in [0.1, 0.15) is 0 Å². The minimum absolute atomic E-state index is 0.0225. The Morgan fingerprint density at radius 2 is 2.25 bits per heavy atom. The van der Waals surface area contributed by atoms with Crippen molar-refractivity contribution in [3.05, 3.63) is 47.4 Å². The number of hydrogen-bond donors (Lipinski definition) is 3. The fourth-order valence-electron chi connectivity index (χ4n) is 2.44. The van der Waals surface area contributed by atoms with Crippen LogP contribution in [0.1, 0.15) is 5.56 Å². The molecule has 0 saturated carbocycles. The normalized spacial score (nSPS) is 10.8. The quantitative estimate of drug-likeness (QED) is 0.677. The lowest BCUT2D eigenvalue weighted by Crippen LogP contribution is -2.19. The molecule has 1 aromatic carbocycles. The van der Waals surface area contributed by atoms with Crippen molar-refractivity contribution in [2.75, 3.05) is 17.2 Å². The summed E-state index contributed by atoms with van der Waals surface area (Å²) in [6, 6.07) is 4.98. The van der Waals surface area contributed by atoms with Gasteiger partial charge in [0.05, 0.1) is 41.3 Å². The number of nitrogens with one attached hydrogen (secondary N) is 2. The zero-order valence-electron chi connectivity index (χ0n) is 13.0. The molecule has 0 atom stereocenters. The number of pyridine rings is 1. The van der Waals surface area contributed by atoms with Crippen molar-refractivity contribution >= 4 is 39.9 Å². The molecule has 3 rings (SSSR count). The third kappa shape index (κ3) is 3.32. The molecule has 3 N–H and O–H groups in total. The van der Waals surface area contributed by atoms with Crippen molar-refractivity contribution in [1.29, 1.82) is 0 Å². The number of carbonyl (C=O) groups excluding carboxylic acids is 1. The maximum Gasteiger partial charge on any atom is 0.323 e. The number of anilines is 2. The van der Waals surface area contributed by atoms with Gasteiger partial charge in [0.25, 0.3) is 0 Å². The molecule has 2 amide bonds. The van der Waals surface area contributed by atoms with E-state index >= 15 is 0 Å². The third-order valence-electron chi connectivity index (χ3n) is 3.49. The monoisotopic (exact) mass is 345 g/mol. The number of hydrogen-bond acceptors (Lipinski definition) is 4. The number of rotatable bonds is 4. The van der Waals surface area contributed by atoms with Gasteiger partial charge in [-0.25, -0.2) is 4.79 Å². The van der Waals surface area contributed by atoms with Crippen LogP contribution in [0.15, 0.2) is 36.8 Å². The zero-order chi connectivity index (χ0) is 17.1. The smallest absolute Gasteiger partial charge is 0.323 e. The Balaban J connectivity index is 1.82. The third-order valence-corrected chi connectivity index (χ3v) is 3.79. The number of benzene rings is 1. The molecule has 0 aliphatic rings. The van der Waals surface area contributed by atoms with Crippen LogP contribution in [-0.4, -0.2) is 32.5 Å². The summed E-state index contributed by atoms with van der Waals surface area (Å²) in [6.07, 6.45) is 4.83. The largest absolute Gasteiger partial charge is 0.394 e. The summed E-state index contributed by atoms with van der Waals surface area (Å²) in [4.78, 5) is 16.6. The first-order valence-electron chi connectivity index (χ1n) is 7.33. The molecule has 0 fully saturated rings. The Morgan fingerprint density at radius 3 is 3.04 bits per heavy atom. The molecule has 3 aromatic rings. The van der Waals surface area contributed by atoms with Crippen LogP contribution in [0.5, 0.6) is 0 Å². The Bertz CT molecular complexity index is 893. The van der Waals surface area contributed by atoms with E-state index in [4.69, 9.17) is 16.7 Å². The van der Waals surface area contributed by atoms with Crippen molar-refractivity contribution in [3.8, 4) is 0 Å². The van der Waals surface area contributed by atoms with Gasteiger partial charge in [-0.2, -0.15) is 5.10 Å². The first kappa shape index (κ1) is 16.2. The molecule has 2 aromatic heterocycles. The van der Waals surface area contributed by atoms with Gasteiger partial charge in [-0.3, -0.25) is 9.67 Å². The van der Waals surface area contributed by atoms with Crippen molar-refractivity contribution in [2.24, 2.45) is 0 Å². The number of nitrogens with zero attached hydrogens (tertiary/aromatic N) is 3. The summed E-state index contributed by atoms with van der Waals surface area (Å²) in [6.45, 7) is 2.26. The first-order valence-corrected chi connectivity index (χ1v) is 7.71. The maximum atomic E-state index is 12.2. The standard InChI is InChI=1S/C16H16ClN5O2/c1-10-7-13(17)15(12-3-2-4-18-14(10)12)21-16(24)20-11-8-19-22(9-11)5-6-23/h2-4,7-9,23H,5-6H2,1H3,(H2,20,21,24). The van der Waals surface area contributed by atoms with Gasteiger partial charge in [0, 0.05) is 17.8 Å². The summed E-state index contributed by atoms with van der Waals surface area (Å²) >= 11 is 6.29. The molecular formula is C16H16ClN5O2. The topological polar surface area (TPSA) is 92.1 Å². The average molecular weight is 346 g/mol. The van der Waals surface area contributed by atoms with E-state index in [1.165, 1.54) is 10.9 Å². The maximum absolute atomic E-state index is 12.2. The fourth-order valence-corrected chi connectivity index (χ4v) is 2.75. The Hall–Kier alpha value is -2.64. The number of aliphatic hydroxyl groups excluding tert-OH is 1. The van der Waals surface area contributed by atoms with E-state index in [1.54, 1.807) is 24.5 Å². The van der Waals surface area contributed by atoms with Crippen molar-refractivity contribution < 1.29 is 9.90 Å². The van der Waals surface area contributed by atoms with Crippen LogP contribution >= 0.6 is 11.6 Å². The van der Waals surface area contributed by atoms with Gasteiger partial charge in [-0.05, 0) is 30.7 Å². The molecular weight excluding hydrogens is 330 g/mol. The molecule has 0 spiro atoms. The highest BCUT2D eigenvalue weighted by molar-refractivity contribution is 6.35. The van der Waals surface area contributed by atoms with Crippen LogP contribution < -0.4 is 10.6 Å². The summed E-state index contributed by atoms with van der Waals surface area (Å²) in [5.74, 6) is 0. The second kappa shape index (κ2) is 6.86. The molecule has 0 unspecified atom stereocenters. The van der Waals surface area contributed by atoms with E-state index in [9.17, 15) is 4.79 Å². The van der Waals surface area contributed by atoms with Gasteiger partial charge in [-0.15, -0.1) is 0 Å². The highest BCUT2D eigenvalue weighted by Gasteiger charge is 2.13.